The van der Waals surface area contributed by atoms with Crippen LogP contribution in [0.1, 0.15) is 41.5 Å². The lowest BCUT2D eigenvalue weighted by atomic mass is 9.99. The summed E-state index contributed by atoms with van der Waals surface area (Å²) in [6, 6.07) is 0. The molecule has 0 aliphatic heterocycles. The summed E-state index contributed by atoms with van der Waals surface area (Å²) < 4.78 is 9.42. The van der Waals surface area contributed by atoms with Gasteiger partial charge in [-0.05, 0) is 10.8 Å². The van der Waals surface area contributed by atoms with Crippen LogP contribution < -0.4 is 0 Å². The number of hydrogen-bond donors (Lipinski definition) is 0. The van der Waals surface area contributed by atoms with Crippen LogP contribution in [0, 0.1) is 10.8 Å². The molecule has 0 radical (unpaired) electrons. The Morgan fingerprint density at radius 3 is 1.22 bits per heavy atom. The molecular weight excluding hydrogens is 240 g/mol. The van der Waals surface area contributed by atoms with Gasteiger partial charge in [0.1, 0.15) is 0 Å². The Labute approximate surface area is 107 Å². The fourth-order valence-electron chi connectivity index (χ4n) is 0.667. The molecule has 0 N–H and O–H groups in total. The number of carbonyl (C=O) groups excluding carboxylic acids is 2. The molecule has 0 aromatic rings. The summed E-state index contributed by atoms with van der Waals surface area (Å²) in [7, 11) is 0. The Balaban J connectivity index is 3.76. The van der Waals surface area contributed by atoms with Gasteiger partial charge in [0.25, 0.3) is 0 Å². The Morgan fingerprint density at radius 1 is 0.722 bits per heavy atom. The van der Waals surface area contributed by atoms with Crippen LogP contribution in [0.15, 0.2) is 0 Å². The van der Waals surface area contributed by atoms with Crippen molar-refractivity contribution in [2.45, 2.75) is 41.5 Å². The number of carbonyl (C=O) groups is 2. The lowest BCUT2D eigenvalue weighted by Crippen LogP contribution is -2.22. The van der Waals surface area contributed by atoms with Crippen molar-refractivity contribution in [3.63, 3.8) is 0 Å². The van der Waals surface area contributed by atoms with E-state index in [-0.39, 0.29) is 24.0 Å². The van der Waals surface area contributed by atoms with E-state index in [9.17, 15) is 9.59 Å². The standard InChI is InChI=1S/C12H22O6/c1-11(2,3)7-15-9(13)17-18-10(14)16-8-12(4,5)6/h7-8H2,1-6H3. The van der Waals surface area contributed by atoms with E-state index in [1.54, 1.807) is 0 Å². The van der Waals surface area contributed by atoms with Gasteiger partial charge in [-0.2, -0.15) is 19.4 Å². The first-order valence-corrected chi connectivity index (χ1v) is 5.68. The summed E-state index contributed by atoms with van der Waals surface area (Å²) >= 11 is 0. The quantitative estimate of drug-likeness (QED) is 0.432. The monoisotopic (exact) mass is 262 g/mol. The molecule has 6 heteroatoms. The van der Waals surface area contributed by atoms with Crippen LogP contribution >= 0.6 is 0 Å². The maximum Gasteiger partial charge on any atom is 0.550 e. The molecule has 0 aliphatic carbocycles. The zero-order chi connectivity index (χ0) is 14.4. The summed E-state index contributed by atoms with van der Waals surface area (Å²) in [5, 5.41) is 0. The van der Waals surface area contributed by atoms with Gasteiger partial charge in [-0.15, -0.1) is 0 Å². The summed E-state index contributed by atoms with van der Waals surface area (Å²) in [6.45, 7) is 11.6. The van der Waals surface area contributed by atoms with E-state index >= 15 is 0 Å². The van der Waals surface area contributed by atoms with Gasteiger partial charge >= 0.3 is 12.3 Å². The molecule has 0 spiro atoms. The van der Waals surface area contributed by atoms with Gasteiger partial charge in [-0.25, -0.2) is 0 Å². The van der Waals surface area contributed by atoms with E-state index in [4.69, 9.17) is 9.47 Å². The normalized spacial score (nSPS) is 11.7. The van der Waals surface area contributed by atoms with E-state index in [0.717, 1.165) is 0 Å². The third-order valence-electron chi connectivity index (χ3n) is 1.42. The predicted molar refractivity (Wildman–Crippen MR) is 63.8 cm³/mol. The molecule has 18 heavy (non-hydrogen) atoms. The maximum atomic E-state index is 11.0. The molecule has 0 aliphatic rings. The number of ether oxygens (including phenoxy) is 2. The van der Waals surface area contributed by atoms with Crippen LogP contribution in [0.5, 0.6) is 0 Å². The third-order valence-corrected chi connectivity index (χ3v) is 1.42. The Bertz CT molecular complexity index is 254. The zero-order valence-corrected chi connectivity index (χ0v) is 11.9. The lowest BCUT2D eigenvalue weighted by Gasteiger charge is -2.17. The number of hydrogen-bond acceptors (Lipinski definition) is 6. The molecule has 0 bridgehead atoms. The predicted octanol–water partition coefficient (Wildman–Crippen LogP) is 3.30. The Hall–Kier alpha value is -1.46. The fraction of sp³-hybridized carbons (Fsp3) is 0.833. The molecule has 0 atom stereocenters. The van der Waals surface area contributed by atoms with Crippen LogP contribution in [0.25, 0.3) is 0 Å². The minimum atomic E-state index is -1.07. The first-order valence-electron chi connectivity index (χ1n) is 5.68. The molecule has 0 rings (SSSR count). The van der Waals surface area contributed by atoms with Crippen molar-refractivity contribution in [3.8, 4) is 0 Å². The highest BCUT2D eigenvalue weighted by molar-refractivity contribution is 5.63. The first kappa shape index (κ1) is 16.5. The van der Waals surface area contributed by atoms with Gasteiger partial charge in [-0.3, -0.25) is 0 Å². The molecule has 0 aromatic heterocycles. The minimum Gasteiger partial charge on any atom is -0.431 e. The van der Waals surface area contributed by atoms with Gasteiger partial charge in [0.05, 0.1) is 13.2 Å². The van der Waals surface area contributed by atoms with Crippen molar-refractivity contribution in [1.82, 2.24) is 0 Å². The first-order chi connectivity index (χ1) is 7.99. The topological polar surface area (TPSA) is 71.1 Å². The van der Waals surface area contributed by atoms with Crippen molar-refractivity contribution < 1.29 is 28.8 Å². The highest BCUT2D eigenvalue weighted by Gasteiger charge is 2.19. The third kappa shape index (κ3) is 11.0. The Morgan fingerprint density at radius 2 is 1.00 bits per heavy atom. The van der Waals surface area contributed by atoms with E-state index in [2.05, 4.69) is 9.78 Å². The second kappa shape index (κ2) is 6.47. The van der Waals surface area contributed by atoms with E-state index < -0.39 is 12.3 Å². The molecule has 0 aromatic carbocycles. The molecule has 0 saturated heterocycles. The van der Waals surface area contributed by atoms with Crippen LogP contribution in [0.2, 0.25) is 0 Å². The average molecular weight is 262 g/mol. The summed E-state index contributed by atoms with van der Waals surface area (Å²) in [4.78, 5) is 30.3. The molecule has 106 valence electrons. The molecule has 0 amide bonds. The van der Waals surface area contributed by atoms with Gasteiger partial charge in [-0.1, -0.05) is 41.5 Å². The highest BCUT2D eigenvalue weighted by Crippen LogP contribution is 2.14. The maximum absolute atomic E-state index is 11.0. The average Bonchev–Trinajstić information content (AvgIpc) is 2.18. The second-order valence-electron chi connectivity index (χ2n) is 6.37. The van der Waals surface area contributed by atoms with Crippen molar-refractivity contribution in [3.05, 3.63) is 0 Å². The van der Waals surface area contributed by atoms with Crippen molar-refractivity contribution >= 4 is 12.3 Å². The van der Waals surface area contributed by atoms with Crippen molar-refractivity contribution in [2.75, 3.05) is 13.2 Å². The molecule has 0 unspecified atom stereocenters. The molecule has 0 fully saturated rings. The van der Waals surface area contributed by atoms with Crippen LogP contribution in [0.4, 0.5) is 9.59 Å². The van der Waals surface area contributed by atoms with E-state index in [1.165, 1.54) is 0 Å². The van der Waals surface area contributed by atoms with Gasteiger partial charge in [0, 0.05) is 0 Å². The van der Waals surface area contributed by atoms with Crippen LogP contribution in [-0.2, 0) is 19.2 Å². The van der Waals surface area contributed by atoms with E-state index in [0.29, 0.717) is 0 Å². The van der Waals surface area contributed by atoms with E-state index in [1.807, 2.05) is 41.5 Å². The van der Waals surface area contributed by atoms with Crippen LogP contribution in [0.3, 0.4) is 0 Å². The van der Waals surface area contributed by atoms with Crippen molar-refractivity contribution in [1.29, 1.82) is 0 Å². The molecule has 6 nitrogen and oxygen atoms in total. The molecule has 0 saturated carbocycles. The van der Waals surface area contributed by atoms with Gasteiger partial charge in [0.2, 0.25) is 0 Å². The van der Waals surface area contributed by atoms with Crippen LogP contribution in [-0.4, -0.2) is 25.5 Å². The smallest absolute Gasteiger partial charge is 0.431 e. The lowest BCUT2D eigenvalue weighted by molar-refractivity contribution is -0.220. The SMILES string of the molecule is CC(C)(C)COC(=O)OOC(=O)OCC(C)(C)C. The zero-order valence-electron chi connectivity index (χ0n) is 11.9. The largest absolute Gasteiger partial charge is 0.550 e. The second-order valence-corrected chi connectivity index (χ2v) is 6.37. The molecular formula is C12H22O6. The fourth-order valence-corrected chi connectivity index (χ4v) is 0.667. The highest BCUT2D eigenvalue weighted by atomic mass is 17.3. The van der Waals surface area contributed by atoms with Gasteiger partial charge < -0.3 is 9.47 Å². The summed E-state index contributed by atoms with van der Waals surface area (Å²) in [5.41, 5.74) is -0.377. The van der Waals surface area contributed by atoms with Crippen molar-refractivity contribution in [2.24, 2.45) is 10.8 Å². The summed E-state index contributed by atoms with van der Waals surface area (Å²) in [6.07, 6.45) is -2.14. The molecule has 0 heterocycles. The number of rotatable bonds is 2. The minimum absolute atomic E-state index is 0.159. The van der Waals surface area contributed by atoms with Gasteiger partial charge in [0.15, 0.2) is 0 Å². The Kier molecular flexibility index (Phi) is 5.94. The summed E-state index contributed by atoms with van der Waals surface area (Å²) in [5.74, 6) is 0.